The Morgan fingerprint density at radius 1 is 1.03 bits per heavy atom. The van der Waals surface area contributed by atoms with E-state index in [2.05, 4.69) is 26.5 Å². The molecule has 0 atom stereocenters. The fourth-order valence-electron chi connectivity index (χ4n) is 2.90. The number of halogens is 1. The third-order valence-corrected chi connectivity index (χ3v) is 6.83. The highest BCUT2D eigenvalue weighted by atomic mass is 79.9. The van der Waals surface area contributed by atoms with Gasteiger partial charge in [-0.15, -0.1) is 0 Å². The molecule has 0 bridgehead atoms. The van der Waals surface area contributed by atoms with Gasteiger partial charge in [-0.1, -0.05) is 58.4 Å². The van der Waals surface area contributed by atoms with Crippen molar-refractivity contribution in [1.29, 1.82) is 0 Å². The topological polar surface area (TPSA) is 122 Å². The Hall–Kier alpha value is -3.41. The predicted octanol–water partition coefficient (Wildman–Crippen LogP) is 3.70. The highest BCUT2D eigenvalue weighted by molar-refractivity contribution is 9.10. The first kappa shape index (κ1) is 24.2. The van der Waals surface area contributed by atoms with Crippen LogP contribution in [0.3, 0.4) is 0 Å². The summed E-state index contributed by atoms with van der Waals surface area (Å²) in [4.78, 5) is 23.1. The molecule has 0 unspecified atom stereocenters. The van der Waals surface area contributed by atoms with Crippen molar-refractivity contribution in [2.24, 2.45) is 5.10 Å². The lowest BCUT2D eigenvalue weighted by Gasteiger charge is -2.21. The summed E-state index contributed by atoms with van der Waals surface area (Å²) in [6.45, 7) is -0.526. The first-order valence-electron chi connectivity index (χ1n) is 9.62. The first-order valence-corrected chi connectivity index (χ1v) is 11.9. The van der Waals surface area contributed by atoms with Gasteiger partial charge in [0.15, 0.2) is 0 Å². The number of nitro benzene ring substituents is 1. The molecule has 0 aliphatic carbocycles. The van der Waals surface area contributed by atoms with Gasteiger partial charge < -0.3 is 0 Å². The summed E-state index contributed by atoms with van der Waals surface area (Å²) in [6.07, 6.45) is 1.14. The van der Waals surface area contributed by atoms with Gasteiger partial charge in [0, 0.05) is 17.1 Å². The van der Waals surface area contributed by atoms with Crippen LogP contribution in [0.5, 0.6) is 0 Å². The molecule has 3 rings (SSSR count). The summed E-state index contributed by atoms with van der Waals surface area (Å²) in [7, 11) is -4.00. The lowest BCUT2D eigenvalue weighted by Crippen LogP contribution is -2.39. The molecule has 0 radical (unpaired) electrons. The zero-order chi connectivity index (χ0) is 23.8. The monoisotopic (exact) mass is 530 g/mol. The van der Waals surface area contributed by atoms with Crippen molar-refractivity contribution in [2.75, 3.05) is 6.54 Å². The summed E-state index contributed by atoms with van der Waals surface area (Å²) in [5.41, 5.74) is 2.98. The van der Waals surface area contributed by atoms with E-state index in [0.717, 1.165) is 15.0 Å². The van der Waals surface area contributed by atoms with Gasteiger partial charge in [-0.25, -0.2) is 13.8 Å². The summed E-state index contributed by atoms with van der Waals surface area (Å²) >= 11 is 3.27. The van der Waals surface area contributed by atoms with Gasteiger partial charge in [-0.3, -0.25) is 14.9 Å². The molecule has 1 N–H and O–H groups in total. The van der Waals surface area contributed by atoms with E-state index in [0.29, 0.717) is 5.56 Å². The van der Waals surface area contributed by atoms with Crippen molar-refractivity contribution in [3.8, 4) is 0 Å². The molecule has 0 saturated carbocycles. The molecular weight excluding hydrogens is 512 g/mol. The van der Waals surface area contributed by atoms with Crippen molar-refractivity contribution < 1.29 is 18.1 Å². The van der Waals surface area contributed by atoms with Gasteiger partial charge in [0.1, 0.15) is 0 Å². The predicted molar refractivity (Wildman–Crippen MR) is 127 cm³/mol. The third kappa shape index (κ3) is 6.54. The largest absolute Gasteiger partial charge is 0.278 e. The third-order valence-electron chi connectivity index (χ3n) is 4.50. The highest BCUT2D eigenvalue weighted by Gasteiger charge is 2.27. The van der Waals surface area contributed by atoms with E-state index in [1.807, 2.05) is 0 Å². The standard InChI is InChI=1S/C22H19BrN4O5S/c23-19-10-12-20(13-11-19)33(31,32)26(15-17-6-2-1-3-7-17)16-22(28)25-24-14-18-8-4-5-9-21(18)27(29)30/h1-14H,15-16H2,(H,25,28)/b24-14-. The molecule has 3 aromatic rings. The van der Waals surface area contributed by atoms with Crippen LogP contribution >= 0.6 is 15.9 Å². The Kier molecular flexibility index (Phi) is 8.04. The summed E-state index contributed by atoms with van der Waals surface area (Å²) < 4.78 is 28.2. The molecule has 0 spiro atoms. The number of rotatable bonds is 9. The smallest absolute Gasteiger partial charge is 0.272 e. The van der Waals surface area contributed by atoms with Gasteiger partial charge in [0.25, 0.3) is 11.6 Å². The van der Waals surface area contributed by atoms with Crippen molar-refractivity contribution in [1.82, 2.24) is 9.73 Å². The average Bonchev–Trinajstić information content (AvgIpc) is 2.80. The maximum atomic E-state index is 13.2. The normalized spacial score (nSPS) is 11.6. The van der Waals surface area contributed by atoms with Crippen LogP contribution in [-0.2, 0) is 21.4 Å². The van der Waals surface area contributed by atoms with E-state index >= 15 is 0 Å². The number of amides is 1. The van der Waals surface area contributed by atoms with Gasteiger partial charge >= 0.3 is 0 Å². The molecule has 0 fully saturated rings. The zero-order valence-electron chi connectivity index (χ0n) is 17.2. The molecule has 9 nitrogen and oxygen atoms in total. The number of nitrogens with one attached hydrogen (secondary N) is 1. The number of sulfonamides is 1. The van der Waals surface area contributed by atoms with Crippen LogP contribution in [0, 0.1) is 10.1 Å². The SMILES string of the molecule is O=C(CN(Cc1ccccc1)S(=O)(=O)c1ccc(Br)cc1)N/N=C\c1ccccc1[N+](=O)[O-]. The van der Waals surface area contributed by atoms with E-state index in [-0.39, 0.29) is 22.7 Å². The molecule has 0 aromatic heterocycles. The Labute approximate surface area is 199 Å². The second-order valence-electron chi connectivity index (χ2n) is 6.82. The molecule has 33 heavy (non-hydrogen) atoms. The Balaban J connectivity index is 1.79. The van der Waals surface area contributed by atoms with Gasteiger partial charge in [-0.2, -0.15) is 9.41 Å². The molecule has 0 aliphatic rings. The second-order valence-corrected chi connectivity index (χ2v) is 9.68. The maximum Gasteiger partial charge on any atom is 0.278 e. The molecule has 3 aromatic carbocycles. The van der Waals surface area contributed by atoms with E-state index in [1.165, 1.54) is 30.3 Å². The van der Waals surface area contributed by atoms with Crippen molar-refractivity contribution in [3.05, 3.63) is 105 Å². The lowest BCUT2D eigenvalue weighted by atomic mass is 10.2. The van der Waals surface area contributed by atoms with Crippen molar-refractivity contribution in [3.63, 3.8) is 0 Å². The fourth-order valence-corrected chi connectivity index (χ4v) is 4.55. The maximum absolute atomic E-state index is 13.2. The minimum atomic E-state index is -4.00. The number of nitrogens with zero attached hydrogens (tertiary/aromatic N) is 3. The number of carbonyl (C=O) groups excluding carboxylic acids is 1. The minimum absolute atomic E-state index is 0.0273. The molecular formula is C22H19BrN4O5S. The van der Waals surface area contributed by atoms with E-state index in [4.69, 9.17) is 0 Å². The van der Waals surface area contributed by atoms with E-state index in [9.17, 15) is 23.3 Å². The molecule has 0 aliphatic heterocycles. The fraction of sp³-hybridized carbons (Fsp3) is 0.0909. The molecule has 170 valence electrons. The number of nitro groups is 1. The Morgan fingerprint density at radius 2 is 1.67 bits per heavy atom. The summed E-state index contributed by atoms with van der Waals surface area (Å²) in [5.74, 6) is -0.693. The van der Waals surface area contributed by atoms with Crippen LogP contribution in [-0.4, -0.2) is 36.3 Å². The number of hydrogen-bond acceptors (Lipinski definition) is 6. The summed E-state index contributed by atoms with van der Waals surface area (Å²) in [6, 6.07) is 20.9. The number of hydrogen-bond donors (Lipinski definition) is 1. The number of hydrazone groups is 1. The first-order chi connectivity index (χ1) is 15.8. The van der Waals surface area contributed by atoms with Crippen LogP contribution in [0.4, 0.5) is 5.69 Å². The van der Waals surface area contributed by atoms with Gasteiger partial charge in [0.05, 0.1) is 28.1 Å². The number of para-hydroxylation sites is 1. The van der Waals surface area contributed by atoms with E-state index in [1.54, 1.807) is 48.5 Å². The Morgan fingerprint density at radius 3 is 2.33 bits per heavy atom. The van der Waals surface area contributed by atoms with Crippen LogP contribution in [0.1, 0.15) is 11.1 Å². The molecule has 0 heterocycles. The highest BCUT2D eigenvalue weighted by Crippen LogP contribution is 2.21. The molecule has 11 heteroatoms. The van der Waals surface area contributed by atoms with Crippen molar-refractivity contribution in [2.45, 2.75) is 11.4 Å². The molecule has 1 amide bonds. The quantitative estimate of drug-likeness (QED) is 0.256. The Bertz CT molecular complexity index is 1270. The van der Waals surface area contributed by atoms with Crippen LogP contribution in [0.15, 0.2) is 93.3 Å². The van der Waals surface area contributed by atoms with Crippen LogP contribution in [0.2, 0.25) is 0 Å². The van der Waals surface area contributed by atoms with Gasteiger partial charge in [0.2, 0.25) is 10.0 Å². The van der Waals surface area contributed by atoms with Crippen molar-refractivity contribution >= 4 is 43.8 Å². The average molecular weight is 531 g/mol. The van der Waals surface area contributed by atoms with Gasteiger partial charge in [-0.05, 0) is 35.9 Å². The number of benzene rings is 3. The lowest BCUT2D eigenvalue weighted by molar-refractivity contribution is -0.385. The molecule has 0 saturated heterocycles. The minimum Gasteiger partial charge on any atom is -0.272 e. The number of carbonyl (C=O) groups is 1. The second kappa shape index (κ2) is 10.9. The zero-order valence-corrected chi connectivity index (χ0v) is 19.6. The van der Waals surface area contributed by atoms with Crippen LogP contribution in [0.25, 0.3) is 0 Å². The van der Waals surface area contributed by atoms with Crippen LogP contribution < -0.4 is 5.43 Å². The summed E-state index contributed by atoms with van der Waals surface area (Å²) in [5, 5.41) is 14.8. The van der Waals surface area contributed by atoms with E-state index < -0.39 is 27.4 Å².